The Hall–Kier alpha value is -2.64. The van der Waals surface area contributed by atoms with Crippen molar-refractivity contribution in [3.05, 3.63) is 64.7 Å². The molecule has 0 amide bonds. The number of rotatable bonds is 8. The maximum absolute atomic E-state index is 11.4. The van der Waals surface area contributed by atoms with Crippen LogP contribution in [-0.2, 0) is 29.0 Å². The summed E-state index contributed by atoms with van der Waals surface area (Å²) in [6.07, 6.45) is 2.25. The van der Waals surface area contributed by atoms with E-state index in [1.807, 2.05) is 24.3 Å². The molecule has 1 aliphatic heterocycles. The number of hydrogen-bond donors (Lipinski definition) is 0. The summed E-state index contributed by atoms with van der Waals surface area (Å²) in [4.78, 5) is 13.7. The molecule has 26 heavy (non-hydrogen) atoms. The fraction of sp³-hybridized carbons (Fsp3) is 0.364. The second kappa shape index (κ2) is 8.64. The van der Waals surface area contributed by atoms with Crippen LogP contribution >= 0.6 is 0 Å². The number of carbonyl (C=O) groups excluding carboxylic acids is 1. The van der Waals surface area contributed by atoms with Crippen molar-refractivity contribution in [3.63, 3.8) is 0 Å². The van der Waals surface area contributed by atoms with E-state index < -0.39 is 0 Å². The predicted octanol–water partition coefficient (Wildman–Crippen LogP) is 3.66. The summed E-state index contributed by atoms with van der Waals surface area (Å²) in [7, 11) is 0. The van der Waals surface area contributed by atoms with Gasteiger partial charge in [-0.25, -0.2) is 0 Å². The fourth-order valence-electron chi connectivity index (χ4n) is 3.51. The van der Waals surface area contributed by atoms with Gasteiger partial charge in [-0.05, 0) is 42.5 Å². The van der Waals surface area contributed by atoms with Crippen molar-refractivity contribution >= 4 is 11.5 Å². The Morgan fingerprint density at radius 3 is 2.77 bits per heavy atom. The van der Waals surface area contributed by atoms with E-state index in [0.717, 1.165) is 37.2 Å². The third-order valence-electron chi connectivity index (χ3n) is 4.62. The van der Waals surface area contributed by atoms with Gasteiger partial charge in [0.05, 0.1) is 17.9 Å². The van der Waals surface area contributed by atoms with Gasteiger partial charge in [-0.15, -0.1) is 0 Å². The van der Waals surface area contributed by atoms with E-state index in [-0.39, 0.29) is 5.78 Å². The first-order valence-corrected chi connectivity index (χ1v) is 9.09. The lowest BCUT2D eigenvalue weighted by Gasteiger charge is -2.21. The molecule has 2 aromatic carbocycles. The van der Waals surface area contributed by atoms with E-state index in [4.69, 9.17) is 4.74 Å². The van der Waals surface area contributed by atoms with Crippen LogP contribution in [-0.4, -0.2) is 25.5 Å². The standard InChI is InChI=1S/C22H24N2O2/c1-17(25)12-19-13-20-8-10-24(22(20)21(14-19)15-23)9-5-11-26-16-18-6-3-2-4-7-18/h2-4,6-7,13-14H,5,8-12,16H2,1H3. The average Bonchev–Trinajstić information content (AvgIpc) is 3.04. The number of ketones is 1. The highest BCUT2D eigenvalue weighted by Crippen LogP contribution is 2.33. The Morgan fingerprint density at radius 1 is 1.23 bits per heavy atom. The van der Waals surface area contributed by atoms with E-state index in [1.165, 1.54) is 11.1 Å². The number of nitrogens with zero attached hydrogens (tertiary/aromatic N) is 2. The summed E-state index contributed by atoms with van der Waals surface area (Å²) in [5.41, 5.74) is 5.04. The zero-order valence-corrected chi connectivity index (χ0v) is 15.2. The number of Topliss-reactive ketones (excluding diaryl/α,β-unsaturated/α-hetero) is 1. The number of hydrogen-bond acceptors (Lipinski definition) is 4. The van der Waals surface area contributed by atoms with Crippen LogP contribution < -0.4 is 4.90 Å². The Labute approximate surface area is 155 Å². The monoisotopic (exact) mass is 348 g/mol. The quantitative estimate of drug-likeness (QED) is 0.683. The summed E-state index contributed by atoms with van der Waals surface area (Å²) in [5, 5.41) is 9.53. The van der Waals surface area contributed by atoms with E-state index in [0.29, 0.717) is 25.2 Å². The van der Waals surface area contributed by atoms with Gasteiger partial charge in [0.1, 0.15) is 11.9 Å². The Morgan fingerprint density at radius 2 is 2.04 bits per heavy atom. The molecule has 0 aliphatic carbocycles. The molecule has 0 unspecified atom stereocenters. The Kier molecular flexibility index (Phi) is 6.04. The minimum atomic E-state index is 0.124. The number of carbonyl (C=O) groups is 1. The molecule has 0 spiro atoms. The van der Waals surface area contributed by atoms with Crippen LogP contribution in [0.2, 0.25) is 0 Å². The molecular formula is C22H24N2O2. The zero-order chi connectivity index (χ0) is 18.4. The molecule has 0 saturated carbocycles. The Bertz CT molecular complexity index is 809. The van der Waals surface area contributed by atoms with Gasteiger partial charge in [0.2, 0.25) is 0 Å². The minimum absolute atomic E-state index is 0.124. The van der Waals surface area contributed by atoms with Gasteiger partial charge in [0.25, 0.3) is 0 Å². The van der Waals surface area contributed by atoms with Crippen molar-refractivity contribution in [3.8, 4) is 6.07 Å². The van der Waals surface area contributed by atoms with Gasteiger partial charge >= 0.3 is 0 Å². The summed E-state index contributed by atoms with van der Waals surface area (Å²) in [6, 6.07) is 16.4. The molecule has 4 heteroatoms. The first-order chi connectivity index (χ1) is 12.7. The molecule has 4 nitrogen and oxygen atoms in total. The molecule has 0 saturated heterocycles. The molecular weight excluding hydrogens is 324 g/mol. The highest BCUT2D eigenvalue weighted by Gasteiger charge is 2.23. The highest BCUT2D eigenvalue weighted by atomic mass is 16.5. The largest absolute Gasteiger partial charge is 0.377 e. The summed E-state index contributed by atoms with van der Waals surface area (Å²) >= 11 is 0. The van der Waals surface area contributed by atoms with Gasteiger partial charge in [-0.2, -0.15) is 5.26 Å². The first-order valence-electron chi connectivity index (χ1n) is 9.09. The van der Waals surface area contributed by atoms with Crippen LogP contribution in [0.1, 0.15) is 35.6 Å². The molecule has 0 bridgehead atoms. The molecule has 0 fully saturated rings. The van der Waals surface area contributed by atoms with Crippen molar-refractivity contribution in [1.82, 2.24) is 0 Å². The van der Waals surface area contributed by atoms with Gasteiger partial charge in [-0.3, -0.25) is 4.79 Å². The predicted molar refractivity (Wildman–Crippen MR) is 102 cm³/mol. The van der Waals surface area contributed by atoms with Crippen LogP contribution in [0.25, 0.3) is 0 Å². The molecule has 2 aromatic rings. The number of anilines is 1. The van der Waals surface area contributed by atoms with Gasteiger partial charge in [0, 0.05) is 26.1 Å². The van der Waals surface area contributed by atoms with E-state index >= 15 is 0 Å². The van der Waals surface area contributed by atoms with E-state index in [1.54, 1.807) is 6.92 Å². The van der Waals surface area contributed by atoms with Crippen LogP contribution in [0.5, 0.6) is 0 Å². The summed E-state index contributed by atoms with van der Waals surface area (Å²) in [6.45, 7) is 4.72. The third-order valence-corrected chi connectivity index (χ3v) is 4.62. The smallest absolute Gasteiger partial charge is 0.134 e. The zero-order valence-electron chi connectivity index (χ0n) is 15.2. The van der Waals surface area contributed by atoms with Crippen LogP contribution in [0.15, 0.2) is 42.5 Å². The SMILES string of the molecule is CC(=O)Cc1cc(C#N)c2c(c1)CCN2CCCOCc1ccccc1. The molecule has 3 rings (SSSR count). The lowest BCUT2D eigenvalue weighted by molar-refractivity contribution is -0.116. The maximum atomic E-state index is 11.4. The molecule has 1 heterocycles. The molecule has 0 radical (unpaired) electrons. The highest BCUT2D eigenvalue weighted by molar-refractivity contribution is 5.79. The number of nitriles is 1. The molecule has 134 valence electrons. The summed E-state index contributed by atoms with van der Waals surface area (Å²) < 4.78 is 5.76. The maximum Gasteiger partial charge on any atom is 0.134 e. The molecule has 0 atom stereocenters. The van der Waals surface area contributed by atoms with Crippen molar-refractivity contribution in [1.29, 1.82) is 5.26 Å². The fourth-order valence-corrected chi connectivity index (χ4v) is 3.51. The lowest BCUT2D eigenvalue weighted by Crippen LogP contribution is -2.23. The topological polar surface area (TPSA) is 53.3 Å². The molecule has 1 aliphatic rings. The van der Waals surface area contributed by atoms with Crippen molar-refractivity contribution < 1.29 is 9.53 Å². The van der Waals surface area contributed by atoms with Gasteiger partial charge in [0.15, 0.2) is 0 Å². The van der Waals surface area contributed by atoms with Gasteiger partial charge in [-0.1, -0.05) is 36.4 Å². The van der Waals surface area contributed by atoms with Crippen molar-refractivity contribution in [2.45, 2.75) is 32.8 Å². The average molecular weight is 348 g/mol. The third kappa shape index (κ3) is 4.50. The van der Waals surface area contributed by atoms with E-state index in [9.17, 15) is 10.1 Å². The number of fused-ring (bicyclic) bond motifs is 1. The normalized spacial score (nSPS) is 12.7. The second-order valence-electron chi connectivity index (χ2n) is 6.77. The van der Waals surface area contributed by atoms with Crippen molar-refractivity contribution in [2.24, 2.45) is 0 Å². The Balaban J connectivity index is 1.55. The second-order valence-corrected chi connectivity index (χ2v) is 6.77. The lowest BCUT2D eigenvalue weighted by atomic mass is 10.0. The van der Waals surface area contributed by atoms with E-state index in [2.05, 4.69) is 29.2 Å². The minimum Gasteiger partial charge on any atom is -0.377 e. The van der Waals surface area contributed by atoms with Crippen LogP contribution in [0.3, 0.4) is 0 Å². The van der Waals surface area contributed by atoms with Crippen molar-refractivity contribution in [2.75, 3.05) is 24.6 Å². The number of benzene rings is 2. The number of ether oxygens (including phenoxy) is 1. The molecule has 0 N–H and O–H groups in total. The molecule has 0 aromatic heterocycles. The van der Waals surface area contributed by atoms with Crippen LogP contribution in [0, 0.1) is 11.3 Å². The first kappa shape index (κ1) is 18.2. The van der Waals surface area contributed by atoms with Crippen LogP contribution in [0.4, 0.5) is 5.69 Å². The van der Waals surface area contributed by atoms with Gasteiger partial charge < -0.3 is 9.64 Å². The summed E-state index contributed by atoms with van der Waals surface area (Å²) in [5.74, 6) is 0.124.